The Labute approximate surface area is 160 Å². The van der Waals surface area contributed by atoms with Crippen LogP contribution >= 0.6 is 0 Å². The fraction of sp³-hybridized carbons (Fsp3) is 0.571. The molecule has 0 aromatic heterocycles. The molecule has 1 saturated carbocycles. The predicted molar refractivity (Wildman–Crippen MR) is 103 cm³/mol. The second kappa shape index (κ2) is 9.02. The molecule has 27 heavy (non-hydrogen) atoms. The second-order valence-electron chi connectivity index (χ2n) is 7.59. The number of nitrogens with one attached hydrogen (secondary N) is 2. The van der Waals surface area contributed by atoms with Gasteiger partial charge in [-0.25, -0.2) is 4.79 Å². The van der Waals surface area contributed by atoms with E-state index in [4.69, 9.17) is 0 Å². The maximum atomic E-state index is 12.7. The van der Waals surface area contributed by atoms with E-state index in [1.165, 1.54) is 17.7 Å². The first-order valence-corrected chi connectivity index (χ1v) is 10.0. The molecule has 3 rings (SSSR count). The highest BCUT2D eigenvalue weighted by Crippen LogP contribution is 2.25. The molecule has 2 fully saturated rings. The number of hydrogen-bond donors (Lipinski definition) is 2. The molecule has 0 spiro atoms. The Bertz CT molecular complexity index is 669. The molecule has 4 amide bonds. The van der Waals surface area contributed by atoms with Crippen molar-refractivity contribution in [3.63, 3.8) is 0 Å². The van der Waals surface area contributed by atoms with Gasteiger partial charge in [0, 0.05) is 12.5 Å². The summed E-state index contributed by atoms with van der Waals surface area (Å²) in [6.45, 7) is 1.84. The van der Waals surface area contributed by atoms with E-state index in [1.54, 1.807) is 0 Å². The zero-order valence-corrected chi connectivity index (χ0v) is 15.9. The molecule has 1 heterocycles. The van der Waals surface area contributed by atoms with Gasteiger partial charge in [-0.1, -0.05) is 56.0 Å². The lowest BCUT2D eigenvalue weighted by molar-refractivity contribution is -0.129. The minimum Gasteiger partial charge on any atom is -0.353 e. The van der Waals surface area contributed by atoms with Crippen molar-refractivity contribution < 1.29 is 14.4 Å². The zero-order valence-electron chi connectivity index (χ0n) is 15.9. The van der Waals surface area contributed by atoms with E-state index in [0.717, 1.165) is 31.2 Å². The molecule has 1 aliphatic heterocycles. The molecule has 1 saturated heterocycles. The van der Waals surface area contributed by atoms with E-state index in [1.807, 2.05) is 37.3 Å². The van der Waals surface area contributed by atoms with E-state index in [0.29, 0.717) is 6.42 Å². The summed E-state index contributed by atoms with van der Waals surface area (Å²) < 4.78 is 0. The number of carbonyl (C=O) groups excluding carboxylic acids is 3. The quantitative estimate of drug-likeness (QED) is 0.595. The molecule has 1 aromatic rings. The first-order chi connectivity index (χ1) is 13.1. The number of benzene rings is 1. The van der Waals surface area contributed by atoms with Gasteiger partial charge >= 0.3 is 6.03 Å². The van der Waals surface area contributed by atoms with Crippen molar-refractivity contribution >= 4 is 17.8 Å². The Morgan fingerprint density at radius 2 is 1.81 bits per heavy atom. The lowest BCUT2D eigenvalue weighted by atomic mass is 10.1. The Morgan fingerprint density at radius 1 is 1.15 bits per heavy atom. The van der Waals surface area contributed by atoms with Gasteiger partial charge in [0.05, 0.1) is 6.04 Å². The SMILES string of the molecule is C[C@@H](c1ccccc1)N1C(=O)N[C@@H](CCC(=O)NC2CCCCCC2)C1=O. The minimum absolute atomic E-state index is 0.0292. The van der Waals surface area contributed by atoms with Crippen LogP contribution in [0.2, 0.25) is 0 Å². The Balaban J connectivity index is 1.51. The van der Waals surface area contributed by atoms with E-state index < -0.39 is 6.04 Å². The molecule has 6 nitrogen and oxygen atoms in total. The summed E-state index contributed by atoms with van der Waals surface area (Å²) >= 11 is 0. The number of imide groups is 1. The molecule has 146 valence electrons. The van der Waals surface area contributed by atoms with Gasteiger partial charge in [0.1, 0.15) is 6.04 Å². The molecule has 2 N–H and O–H groups in total. The lowest BCUT2D eigenvalue weighted by Crippen LogP contribution is -2.37. The van der Waals surface area contributed by atoms with E-state index >= 15 is 0 Å². The highest BCUT2D eigenvalue weighted by atomic mass is 16.2. The molecule has 0 unspecified atom stereocenters. The smallest absolute Gasteiger partial charge is 0.325 e. The van der Waals surface area contributed by atoms with Gasteiger partial charge in [-0.2, -0.15) is 0 Å². The monoisotopic (exact) mass is 371 g/mol. The average molecular weight is 371 g/mol. The molecule has 0 bridgehead atoms. The molecule has 0 radical (unpaired) electrons. The zero-order chi connectivity index (χ0) is 19.2. The van der Waals surface area contributed by atoms with Crippen LogP contribution in [0.15, 0.2) is 30.3 Å². The van der Waals surface area contributed by atoms with Gasteiger partial charge in [-0.05, 0) is 31.7 Å². The normalized spacial score (nSPS) is 22.3. The summed E-state index contributed by atoms with van der Waals surface area (Å²) in [4.78, 5) is 38.5. The molecule has 1 aliphatic carbocycles. The van der Waals surface area contributed by atoms with Crippen molar-refractivity contribution in [2.45, 2.75) is 76.4 Å². The van der Waals surface area contributed by atoms with Crippen LogP contribution < -0.4 is 10.6 Å². The summed E-state index contributed by atoms with van der Waals surface area (Å²) in [5.74, 6) is -0.280. The summed E-state index contributed by atoms with van der Waals surface area (Å²) in [6.07, 6.45) is 7.46. The van der Waals surface area contributed by atoms with Crippen molar-refractivity contribution in [3.8, 4) is 0 Å². The number of rotatable bonds is 6. The van der Waals surface area contributed by atoms with Gasteiger partial charge in [0.2, 0.25) is 5.91 Å². The number of carbonyl (C=O) groups is 3. The number of amides is 4. The van der Waals surface area contributed by atoms with Crippen molar-refractivity contribution in [2.75, 3.05) is 0 Å². The van der Waals surface area contributed by atoms with Gasteiger partial charge < -0.3 is 10.6 Å². The summed E-state index contributed by atoms with van der Waals surface area (Å²) in [7, 11) is 0. The van der Waals surface area contributed by atoms with Crippen LogP contribution in [-0.2, 0) is 9.59 Å². The fourth-order valence-corrected chi connectivity index (χ4v) is 3.99. The largest absolute Gasteiger partial charge is 0.353 e. The van der Waals surface area contributed by atoms with Crippen molar-refractivity contribution in [3.05, 3.63) is 35.9 Å². The number of hydrogen-bond acceptors (Lipinski definition) is 3. The molecule has 2 atom stereocenters. The third-order valence-corrected chi connectivity index (χ3v) is 5.60. The second-order valence-corrected chi connectivity index (χ2v) is 7.59. The first-order valence-electron chi connectivity index (χ1n) is 10.0. The highest BCUT2D eigenvalue weighted by Gasteiger charge is 2.40. The van der Waals surface area contributed by atoms with Crippen LogP contribution in [0.5, 0.6) is 0 Å². The van der Waals surface area contributed by atoms with E-state index in [2.05, 4.69) is 10.6 Å². The van der Waals surface area contributed by atoms with Gasteiger partial charge in [-0.15, -0.1) is 0 Å². The summed E-state index contributed by atoms with van der Waals surface area (Å²) in [5, 5.41) is 5.82. The minimum atomic E-state index is -0.622. The molecule has 2 aliphatic rings. The maximum Gasteiger partial charge on any atom is 0.325 e. The van der Waals surface area contributed by atoms with Gasteiger partial charge in [0.25, 0.3) is 5.91 Å². The van der Waals surface area contributed by atoms with Gasteiger partial charge in [-0.3, -0.25) is 14.5 Å². The third-order valence-electron chi connectivity index (χ3n) is 5.60. The Kier molecular flexibility index (Phi) is 6.48. The number of urea groups is 1. The van der Waals surface area contributed by atoms with Crippen LogP contribution in [0, 0.1) is 0 Å². The van der Waals surface area contributed by atoms with E-state index in [9.17, 15) is 14.4 Å². The van der Waals surface area contributed by atoms with Crippen molar-refractivity contribution in [1.29, 1.82) is 0 Å². The molecular weight excluding hydrogens is 342 g/mol. The lowest BCUT2D eigenvalue weighted by Gasteiger charge is -2.22. The van der Waals surface area contributed by atoms with Crippen LogP contribution in [0.25, 0.3) is 0 Å². The van der Waals surface area contributed by atoms with Crippen LogP contribution in [0.1, 0.15) is 69.9 Å². The van der Waals surface area contributed by atoms with Crippen LogP contribution in [-0.4, -0.2) is 34.8 Å². The maximum absolute atomic E-state index is 12.7. The van der Waals surface area contributed by atoms with Crippen LogP contribution in [0.3, 0.4) is 0 Å². The van der Waals surface area contributed by atoms with Crippen LogP contribution in [0.4, 0.5) is 4.79 Å². The van der Waals surface area contributed by atoms with E-state index in [-0.39, 0.29) is 36.3 Å². The number of nitrogens with zero attached hydrogens (tertiary/aromatic N) is 1. The summed E-state index contributed by atoms with van der Waals surface area (Å²) in [6, 6.07) is 8.40. The predicted octanol–water partition coefficient (Wildman–Crippen LogP) is 3.29. The average Bonchev–Trinajstić information content (AvgIpc) is 2.82. The Morgan fingerprint density at radius 3 is 2.48 bits per heavy atom. The van der Waals surface area contributed by atoms with Crippen molar-refractivity contribution in [2.24, 2.45) is 0 Å². The molecule has 6 heteroatoms. The van der Waals surface area contributed by atoms with Gasteiger partial charge in [0.15, 0.2) is 0 Å². The molecular formula is C21H29N3O3. The molecule has 1 aromatic carbocycles. The standard InChI is InChI=1S/C21H29N3O3/c1-15(16-9-5-4-6-10-16)24-20(26)18(23-21(24)27)13-14-19(25)22-17-11-7-2-3-8-12-17/h4-6,9-10,15,17-18H,2-3,7-8,11-14H2,1H3,(H,22,25)(H,23,27)/t15-,18-/m0/s1. The first kappa shape index (κ1) is 19.4. The summed E-state index contributed by atoms with van der Waals surface area (Å²) in [5.41, 5.74) is 0.910. The van der Waals surface area contributed by atoms with Crippen molar-refractivity contribution in [1.82, 2.24) is 15.5 Å². The third kappa shape index (κ3) is 4.87. The fourth-order valence-electron chi connectivity index (χ4n) is 3.99. The highest BCUT2D eigenvalue weighted by molar-refractivity contribution is 6.04. The Hall–Kier alpha value is -2.37. The topological polar surface area (TPSA) is 78.5 Å².